The van der Waals surface area contributed by atoms with Gasteiger partial charge in [-0.3, -0.25) is 0 Å². The molecule has 0 fully saturated rings. The molecule has 0 saturated carbocycles. The van der Waals surface area contributed by atoms with Gasteiger partial charge in [0.15, 0.2) is 8.32 Å². The molecule has 3 atom stereocenters. The first-order valence-electron chi connectivity index (χ1n) is 7.61. The molecule has 0 aromatic heterocycles. The molecular formula is C17H32O2Si. The fraction of sp³-hybridized carbons (Fsp3) is 0.765. The fourth-order valence-corrected chi connectivity index (χ4v) is 3.50. The summed E-state index contributed by atoms with van der Waals surface area (Å²) in [5, 5.41) is 10.7. The Kier molecular flexibility index (Phi) is 5.44. The van der Waals surface area contributed by atoms with E-state index in [-0.39, 0.29) is 11.0 Å². The summed E-state index contributed by atoms with van der Waals surface area (Å²) < 4.78 is 6.34. The lowest BCUT2D eigenvalue weighted by atomic mass is 9.75. The number of rotatable bonds is 4. The van der Waals surface area contributed by atoms with Crippen LogP contribution in [0, 0.1) is 11.8 Å². The minimum Gasteiger partial charge on any atom is -0.416 e. The van der Waals surface area contributed by atoms with Crippen molar-refractivity contribution in [1.82, 2.24) is 0 Å². The Morgan fingerprint density at radius 2 is 2.00 bits per heavy atom. The molecule has 0 unspecified atom stereocenters. The highest BCUT2D eigenvalue weighted by atomic mass is 28.4. The van der Waals surface area contributed by atoms with Gasteiger partial charge in [0.25, 0.3) is 0 Å². The van der Waals surface area contributed by atoms with Gasteiger partial charge in [-0.1, -0.05) is 39.0 Å². The number of aliphatic hydroxyl groups excluding tert-OH is 1. The zero-order chi connectivity index (χ0) is 15.7. The van der Waals surface area contributed by atoms with Crippen LogP contribution in [0.2, 0.25) is 18.1 Å². The average molecular weight is 297 g/mol. The van der Waals surface area contributed by atoms with Gasteiger partial charge in [0, 0.05) is 12.5 Å². The van der Waals surface area contributed by atoms with Gasteiger partial charge in [-0.25, -0.2) is 0 Å². The maximum atomic E-state index is 10.5. The zero-order valence-corrected chi connectivity index (χ0v) is 15.3. The Morgan fingerprint density at radius 3 is 2.45 bits per heavy atom. The molecule has 0 radical (unpaired) electrons. The molecule has 0 spiro atoms. The van der Waals surface area contributed by atoms with E-state index in [1.165, 1.54) is 0 Å². The fourth-order valence-electron chi connectivity index (χ4n) is 2.46. The molecule has 0 saturated heterocycles. The first-order chi connectivity index (χ1) is 8.97. The molecular weight excluding hydrogens is 264 g/mol. The first-order valence-corrected chi connectivity index (χ1v) is 10.5. The third-order valence-corrected chi connectivity index (χ3v) is 9.66. The first kappa shape index (κ1) is 17.7. The van der Waals surface area contributed by atoms with Gasteiger partial charge in [-0.05, 0) is 49.9 Å². The molecule has 0 heterocycles. The maximum absolute atomic E-state index is 10.5. The van der Waals surface area contributed by atoms with Gasteiger partial charge < -0.3 is 9.53 Å². The Balaban J connectivity index is 2.83. The normalized spacial score (nSPS) is 28.2. The lowest BCUT2D eigenvalue weighted by Crippen LogP contribution is -2.45. The molecule has 1 aliphatic rings. The van der Waals surface area contributed by atoms with E-state index < -0.39 is 14.4 Å². The predicted octanol–water partition coefficient (Wildman–Crippen LogP) is 4.53. The standard InChI is InChI=1S/C17H32O2Si/c1-12(2)14-10-9-13(3)16(18)15(14)11-19-20(7,8)17(4,5)6/h9,14-16,18H,1,10-11H2,2-8H3/t14-,15-,16+/m1/s1. The van der Waals surface area contributed by atoms with Gasteiger partial charge in [-0.15, -0.1) is 0 Å². The van der Waals surface area contributed by atoms with Crippen molar-refractivity contribution in [1.29, 1.82) is 0 Å². The van der Waals surface area contributed by atoms with Crippen molar-refractivity contribution in [2.45, 2.75) is 65.3 Å². The van der Waals surface area contributed by atoms with Crippen LogP contribution >= 0.6 is 0 Å². The van der Waals surface area contributed by atoms with Crippen LogP contribution in [0.25, 0.3) is 0 Å². The molecule has 0 aliphatic heterocycles. The quantitative estimate of drug-likeness (QED) is 0.610. The third-order valence-electron chi connectivity index (χ3n) is 5.16. The molecule has 116 valence electrons. The Bertz CT molecular complexity index is 390. The monoisotopic (exact) mass is 296 g/mol. The second kappa shape index (κ2) is 6.16. The van der Waals surface area contributed by atoms with Crippen molar-refractivity contribution in [3.05, 3.63) is 23.8 Å². The summed E-state index contributed by atoms with van der Waals surface area (Å²) in [4.78, 5) is 0. The molecule has 2 nitrogen and oxygen atoms in total. The largest absolute Gasteiger partial charge is 0.416 e. The van der Waals surface area contributed by atoms with E-state index in [0.29, 0.717) is 12.5 Å². The van der Waals surface area contributed by atoms with Crippen LogP contribution < -0.4 is 0 Å². The Hall–Kier alpha value is -0.383. The number of allylic oxidation sites excluding steroid dienone is 2. The molecule has 1 rings (SSSR count). The van der Waals surface area contributed by atoms with Crippen molar-refractivity contribution in [3.63, 3.8) is 0 Å². The van der Waals surface area contributed by atoms with E-state index >= 15 is 0 Å². The minimum absolute atomic E-state index is 0.145. The van der Waals surface area contributed by atoms with Gasteiger partial charge in [0.2, 0.25) is 0 Å². The second-order valence-corrected chi connectivity index (χ2v) is 12.6. The summed E-state index contributed by atoms with van der Waals surface area (Å²) in [6.07, 6.45) is 2.73. The molecule has 1 N–H and O–H groups in total. The smallest absolute Gasteiger partial charge is 0.191 e. The van der Waals surface area contributed by atoms with Crippen LogP contribution in [0.3, 0.4) is 0 Å². The van der Waals surface area contributed by atoms with Crippen molar-refractivity contribution in [3.8, 4) is 0 Å². The molecule has 1 aliphatic carbocycles. The molecule has 20 heavy (non-hydrogen) atoms. The predicted molar refractivity (Wildman–Crippen MR) is 89.3 cm³/mol. The molecule has 0 aromatic rings. The highest BCUT2D eigenvalue weighted by molar-refractivity contribution is 6.74. The lowest BCUT2D eigenvalue weighted by molar-refractivity contribution is 0.0614. The summed E-state index contributed by atoms with van der Waals surface area (Å²) in [6, 6.07) is 0. The number of hydrogen-bond acceptors (Lipinski definition) is 2. The van der Waals surface area contributed by atoms with Crippen LogP contribution in [0.15, 0.2) is 23.8 Å². The van der Waals surface area contributed by atoms with Gasteiger partial charge in [0.1, 0.15) is 0 Å². The van der Waals surface area contributed by atoms with Gasteiger partial charge >= 0.3 is 0 Å². The summed E-state index contributed by atoms with van der Waals surface area (Å²) in [7, 11) is -1.77. The topological polar surface area (TPSA) is 29.5 Å². The van der Waals surface area contributed by atoms with E-state index in [0.717, 1.165) is 17.6 Å². The minimum atomic E-state index is -1.77. The van der Waals surface area contributed by atoms with Crippen molar-refractivity contribution < 1.29 is 9.53 Å². The van der Waals surface area contributed by atoms with E-state index in [1.54, 1.807) is 0 Å². The molecule has 0 bridgehead atoms. The molecule has 3 heteroatoms. The Labute approximate surface area is 126 Å². The summed E-state index contributed by atoms with van der Waals surface area (Å²) in [5.74, 6) is 0.477. The van der Waals surface area contributed by atoms with Crippen LogP contribution in [0.5, 0.6) is 0 Å². The van der Waals surface area contributed by atoms with Crippen LogP contribution in [0.4, 0.5) is 0 Å². The van der Waals surface area contributed by atoms with Gasteiger partial charge in [0.05, 0.1) is 6.10 Å². The van der Waals surface area contributed by atoms with Crippen molar-refractivity contribution in [2.75, 3.05) is 6.61 Å². The number of hydrogen-bond donors (Lipinski definition) is 1. The van der Waals surface area contributed by atoms with Crippen LogP contribution in [-0.2, 0) is 4.43 Å². The van der Waals surface area contributed by atoms with E-state index in [9.17, 15) is 5.11 Å². The average Bonchev–Trinajstić information content (AvgIpc) is 2.29. The van der Waals surface area contributed by atoms with Crippen LogP contribution in [-0.4, -0.2) is 26.1 Å². The summed E-state index contributed by atoms with van der Waals surface area (Å²) >= 11 is 0. The third kappa shape index (κ3) is 3.83. The second-order valence-electron chi connectivity index (χ2n) is 7.82. The summed E-state index contributed by atoms with van der Waals surface area (Å²) in [5.41, 5.74) is 2.22. The highest BCUT2D eigenvalue weighted by Gasteiger charge is 2.40. The highest BCUT2D eigenvalue weighted by Crippen LogP contribution is 2.39. The van der Waals surface area contributed by atoms with E-state index in [2.05, 4.69) is 53.4 Å². The molecule has 0 aromatic carbocycles. The lowest BCUT2D eigenvalue weighted by Gasteiger charge is -2.41. The van der Waals surface area contributed by atoms with E-state index in [4.69, 9.17) is 4.43 Å². The maximum Gasteiger partial charge on any atom is 0.191 e. The Morgan fingerprint density at radius 1 is 1.45 bits per heavy atom. The summed E-state index contributed by atoms with van der Waals surface area (Å²) in [6.45, 7) is 20.1. The SMILES string of the molecule is C=C(C)[C@H]1CC=C(C)[C@H](O)[C@@H]1CO[Si](C)(C)C(C)(C)C. The zero-order valence-electron chi connectivity index (χ0n) is 14.3. The van der Waals surface area contributed by atoms with Crippen molar-refractivity contribution >= 4 is 8.32 Å². The van der Waals surface area contributed by atoms with E-state index in [1.807, 2.05) is 6.92 Å². The number of aliphatic hydroxyl groups is 1. The van der Waals surface area contributed by atoms with Crippen LogP contribution in [0.1, 0.15) is 41.0 Å². The molecule has 0 amide bonds. The van der Waals surface area contributed by atoms with Crippen molar-refractivity contribution in [2.24, 2.45) is 11.8 Å². The van der Waals surface area contributed by atoms with Gasteiger partial charge in [-0.2, -0.15) is 0 Å².